The molecule has 1 aliphatic rings. The van der Waals surface area contributed by atoms with E-state index in [1.807, 2.05) is 6.07 Å². The van der Waals surface area contributed by atoms with Crippen molar-refractivity contribution in [3.05, 3.63) is 30.3 Å². The molecule has 2 atom stereocenters. The van der Waals surface area contributed by atoms with Crippen LogP contribution in [-0.4, -0.2) is 51.0 Å². The summed E-state index contributed by atoms with van der Waals surface area (Å²) in [6.07, 6.45) is -2.69. The Labute approximate surface area is 126 Å². The molecule has 0 unspecified atom stereocenters. The molecule has 0 spiro atoms. The van der Waals surface area contributed by atoms with Crippen LogP contribution in [0.25, 0.3) is 0 Å². The van der Waals surface area contributed by atoms with Gasteiger partial charge in [-0.05, 0) is 0 Å². The number of cyclic esters (lactones) is 1. The summed E-state index contributed by atoms with van der Waals surface area (Å²) in [5.41, 5.74) is 0. The Bertz CT molecular complexity index is 506. The van der Waals surface area contributed by atoms with E-state index in [1.165, 1.54) is 0 Å². The number of carbonyl (C=O) groups excluding carboxylic acids is 2. The third kappa shape index (κ3) is 3.14. The Kier molecular flexibility index (Phi) is 4.68. The molecular weight excluding hydrogens is 467 g/mol. The summed E-state index contributed by atoms with van der Waals surface area (Å²) in [5, 5.41) is 0. The molecule has 4 nitrogen and oxygen atoms in total. The molecule has 0 aliphatic carbocycles. The topological polar surface area (TPSA) is 52.6 Å². The van der Waals surface area contributed by atoms with Crippen LogP contribution in [0.2, 0.25) is 0 Å². The number of esters is 1. The third-order valence-electron chi connectivity index (χ3n) is 2.88. The van der Waals surface area contributed by atoms with Crippen molar-refractivity contribution in [3.63, 3.8) is 0 Å². The van der Waals surface area contributed by atoms with Gasteiger partial charge in [0.15, 0.2) is 0 Å². The fourth-order valence-corrected chi connectivity index (χ4v) is 4.89. The van der Waals surface area contributed by atoms with Crippen LogP contribution in [0.5, 0.6) is 0 Å². The van der Waals surface area contributed by atoms with Crippen molar-refractivity contribution in [3.8, 4) is 0 Å². The summed E-state index contributed by atoms with van der Waals surface area (Å²) >= 11 is -2.02. The van der Waals surface area contributed by atoms with Crippen LogP contribution in [0.4, 0.5) is 13.6 Å². The average Bonchev–Trinajstić information content (AvgIpc) is 2.63. The van der Waals surface area contributed by atoms with E-state index >= 15 is 0 Å². The zero-order valence-electron chi connectivity index (χ0n) is 10.6. The molecule has 1 saturated heterocycles. The van der Waals surface area contributed by atoms with Crippen LogP contribution in [-0.2, 0) is 14.3 Å². The molecule has 1 fully saturated rings. The van der Waals surface area contributed by atoms with Crippen molar-refractivity contribution < 1.29 is 27.8 Å². The number of alkyl halides is 2. The third-order valence-corrected chi connectivity index (χ3v) is 6.55. The predicted molar refractivity (Wildman–Crippen MR) is 68.6 cm³/mol. The normalized spacial score (nSPS) is 24.2. The number of hydrogen-bond donors (Lipinski definition) is 0. The molecule has 1 aromatic carbocycles. The summed E-state index contributed by atoms with van der Waals surface area (Å²) in [7, 11) is 0. The Hall–Kier alpha value is -1.10. The number of carbonyl (C=O) groups is 2. The summed E-state index contributed by atoms with van der Waals surface area (Å²) in [5.74, 6) is -5.37. The average molecular weight is 480 g/mol. The number of benzene rings is 1. The minimum absolute atomic E-state index is 0.179. The van der Waals surface area contributed by atoms with Crippen molar-refractivity contribution in [2.45, 2.75) is 31.5 Å². The van der Waals surface area contributed by atoms with Crippen LogP contribution in [0.15, 0.2) is 30.3 Å². The Balaban J connectivity index is 2.04. The van der Waals surface area contributed by atoms with E-state index in [4.69, 9.17) is 4.74 Å². The van der Waals surface area contributed by atoms with Gasteiger partial charge in [0.25, 0.3) is 0 Å². The van der Waals surface area contributed by atoms with Gasteiger partial charge < -0.3 is 0 Å². The standard InChI is InChI=1S/C7H7F2O4.C6H5.Bi.H/c1-2-4-5(12-3-10)7(8,9)6(11)13-4;1-2-4-6-5-3-1;;/h4-5H,2H2,1H3;1-5H;;/t4-,5+;;;/m1.../s1. The van der Waals surface area contributed by atoms with Gasteiger partial charge in [-0.15, -0.1) is 0 Å². The second kappa shape index (κ2) is 6.12. The van der Waals surface area contributed by atoms with Gasteiger partial charge in [-0.2, -0.15) is 0 Å². The minimum atomic E-state index is -3.75. The second-order valence-electron chi connectivity index (χ2n) is 4.29. The van der Waals surface area contributed by atoms with Crippen LogP contribution in [0.1, 0.15) is 13.3 Å². The molecule has 20 heavy (non-hydrogen) atoms. The molecule has 2 rings (SSSR count). The van der Waals surface area contributed by atoms with Gasteiger partial charge in [0.2, 0.25) is 0 Å². The zero-order valence-corrected chi connectivity index (χ0v) is 14.5. The van der Waals surface area contributed by atoms with Crippen molar-refractivity contribution >= 4 is 36.2 Å². The quantitative estimate of drug-likeness (QED) is 0.481. The van der Waals surface area contributed by atoms with Gasteiger partial charge in [-0.25, -0.2) is 0 Å². The molecule has 7 heteroatoms. The van der Waals surface area contributed by atoms with Gasteiger partial charge in [0.05, 0.1) is 0 Å². The Morgan fingerprint density at radius 2 is 2.05 bits per heavy atom. The van der Waals surface area contributed by atoms with Crippen molar-refractivity contribution in [2.75, 3.05) is 0 Å². The van der Waals surface area contributed by atoms with Crippen LogP contribution in [0.3, 0.4) is 0 Å². The van der Waals surface area contributed by atoms with E-state index in [2.05, 4.69) is 4.74 Å². The van der Waals surface area contributed by atoms with Gasteiger partial charge in [-0.1, -0.05) is 0 Å². The van der Waals surface area contributed by atoms with Crippen LogP contribution < -0.4 is 3.27 Å². The molecule has 0 aromatic heterocycles. The summed E-state index contributed by atoms with van der Waals surface area (Å²) < 4.78 is 36.9. The first kappa shape index (κ1) is 15.3. The summed E-state index contributed by atoms with van der Waals surface area (Å²) in [4.78, 5) is 22.9. The maximum absolute atomic E-state index is 13.6. The van der Waals surface area contributed by atoms with E-state index < -0.39 is 51.0 Å². The SMILES string of the molecule is CC[C@H]1OC(=O)C(F)(F)[C@H]1O[C](=O)[BiH][c]1ccccc1. The maximum atomic E-state index is 13.6. The number of hydrogen-bond acceptors (Lipinski definition) is 4. The zero-order chi connectivity index (χ0) is 14.8. The molecule has 108 valence electrons. The number of ether oxygens (including phenoxy) is 2. The summed E-state index contributed by atoms with van der Waals surface area (Å²) in [6.45, 7) is 1.60. The molecule has 1 aliphatic heterocycles. The number of rotatable bonds is 4. The van der Waals surface area contributed by atoms with Crippen LogP contribution >= 0.6 is 0 Å². The molecular formula is C13H13BiF2O4. The van der Waals surface area contributed by atoms with Crippen molar-refractivity contribution in [1.82, 2.24) is 0 Å². The van der Waals surface area contributed by atoms with Crippen LogP contribution in [0, 0.1) is 0 Å². The molecule has 0 amide bonds. The first-order valence-electron chi connectivity index (χ1n) is 6.06. The van der Waals surface area contributed by atoms with E-state index in [0.29, 0.717) is 0 Å². The number of halogens is 2. The molecule has 1 heterocycles. The monoisotopic (exact) mass is 480 g/mol. The molecule has 0 radical (unpaired) electrons. The fourth-order valence-electron chi connectivity index (χ4n) is 1.86. The molecule has 0 bridgehead atoms. The van der Waals surface area contributed by atoms with Gasteiger partial charge in [0.1, 0.15) is 0 Å². The Morgan fingerprint density at radius 1 is 1.40 bits per heavy atom. The first-order valence-corrected chi connectivity index (χ1v) is 9.95. The molecule has 1 aromatic rings. The van der Waals surface area contributed by atoms with Gasteiger partial charge >= 0.3 is 126 Å². The van der Waals surface area contributed by atoms with Crippen molar-refractivity contribution in [2.24, 2.45) is 0 Å². The van der Waals surface area contributed by atoms with E-state index in [-0.39, 0.29) is 6.42 Å². The molecule has 0 saturated carbocycles. The van der Waals surface area contributed by atoms with Gasteiger partial charge in [0, 0.05) is 0 Å². The van der Waals surface area contributed by atoms with E-state index in [0.717, 1.165) is 3.27 Å². The Morgan fingerprint density at radius 3 is 2.65 bits per heavy atom. The van der Waals surface area contributed by atoms with E-state index in [1.54, 1.807) is 31.2 Å². The van der Waals surface area contributed by atoms with Crippen molar-refractivity contribution in [1.29, 1.82) is 0 Å². The van der Waals surface area contributed by atoms with Gasteiger partial charge in [-0.3, -0.25) is 0 Å². The predicted octanol–water partition coefficient (Wildman–Crippen LogP) is 1.22. The first-order chi connectivity index (χ1) is 9.45. The molecule has 0 N–H and O–H groups in total. The fraction of sp³-hybridized carbons (Fsp3) is 0.385. The summed E-state index contributed by atoms with van der Waals surface area (Å²) in [6, 6.07) is 8.91. The van der Waals surface area contributed by atoms with E-state index in [9.17, 15) is 18.4 Å². The second-order valence-corrected chi connectivity index (χ2v) is 9.10.